The van der Waals surface area contributed by atoms with Gasteiger partial charge in [-0.3, -0.25) is 9.69 Å². The van der Waals surface area contributed by atoms with E-state index in [-0.39, 0.29) is 24.6 Å². The summed E-state index contributed by atoms with van der Waals surface area (Å²) in [4.78, 5) is 31.3. The number of carbonyl (C=O) groups excluding carboxylic acids is 1. The Morgan fingerprint density at radius 2 is 2.24 bits per heavy atom. The Morgan fingerprint density at radius 3 is 2.82 bits per heavy atom. The van der Waals surface area contributed by atoms with E-state index in [4.69, 9.17) is 5.11 Å². The van der Waals surface area contributed by atoms with Crippen LogP contribution in [0.2, 0.25) is 0 Å². The van der Waals surface area contributed by atoms with Crippen molar-refractivity contribution in [3.63, 3.8) is 0 Å². The summed E-state index contributed by atoms with van der Waals surface area (Å²) >= 11 is 0. The van der Waals surface area contributed by atoms with E-state index in [0.29, 0.717) is 5.69 Å². The van der Waals surface area contributed by atoms with Crippen LogP contribution in [0.1, 0.15) is 16.1 Å². The molecule has 7 nitrogen and oxygen atoms in total. The van der Waals surface area contributed by atoms with E-state index in [1.54, 1.807) is 19.0 Å². The molecular formula is C10H14N4O3. The molecule has 1 aromatic heterocycles. The second kappa shape index (κ2) is 5.90. The molecule has 7 heteroatoms. The molecule has 1 heterocycles. The third-order valence-corrected chi connectivity index (χ3v) is 2.14. The summed E-state index contributed by atoms with van der Waals surface area (Å²) in [5.41, 5.74) is 0.440. The molecule has 1 rings (SSSR count). The number of hydrogen-bond donors (Lipinski definition) is 2. The average molecular weight is 238 g/mol. The highest BCUT2D eigenvalue weighted by Crippen LogP contribution is 2.06. The number of amides is 1. The summed E-state index contributed by atoms with van der Waals surface area (Å²) < 4.78 is 0. The predicted molar refractivity (Wildman–Crippen MR) is 59.4 cm³/mol. The fourth-order valence-corrected chi connectivity index (χ4v) is 1.30. The molecule has 0 aromatic carbocycles. The monoisotopic (exact) mass is 238 g/mol. The van der Waals surface area contributed by atoms with Crippen LogP contribution in [-0.4, -0.2) is 52.5 Å². The van der Waals surface area contributed by atoms with Crippen molar-refractivity contribution in [2.75, 3.05) is 20.6 Å². The Kier molecular flexibility index (Phi) is 4.53. The molecule has 17 heavy (non-hydrogen) atoms. The lowest BCUT2D eigenvalue weighted by Crippen LogP contribution is -2.33. The molecule has 92 valence electrons. The quantitative estimate of drug-likeness (QED) is 0.708. The van der Waals surface area contributed by atoms with Crippen LogP contribution in [0.3, 0.4) is 0 Å². The second-order valence-electron chi connectivity index (χ2n) is 3.53. The number of hydrogen-bond acceptors (Lipinski definition) is 5. The van der Waals surface area contributed by atoms with Crippen molar-refractivity contribution in [2.45, 2.75) is 6.54 Å². The molecule has 1 amide bonds. The van der Waals surface area contributed by atoms with Crippen molar-refractivity contribution < 1.29 is 14.7 Å². The van der Waals surface area contributed by atoms with Crippen LogP contribution in [-0.2, 0) is 11.3 Å². The minimum atomic E-state index is -1.08. The molecule has 0 spiro atoms. The van der Waals surface area contributed by atoms with Crippen molar-refractivity contribution in [3.05, 3.63) is 23.8 Å². The van der Waals surface area contributed by atoms with Crippen LogP contribution >= 0.6 is 0 Å². The van der Waals surface area contributed by atoms with Gasteiger partial charge in [-0.25, -0.2) is 14.8 Å². The van der Waals surface area contributed by atoms with E-state index >= 15 is 0 Å². The summed E-state index contributed by atoms with van der Waals surface area (Å²) in [6.07, 6.45) is 2.54. The van der Waals surface area contributed by atoms with Crippen molar-refractivity contribution in [1.29, 1.82) is 0 Å². The Balaban J connectivity index is 2.74. The minimum Gasteiger partial charge on any atom is -0.478 e. The van der Waals surface area contributed by atoms with E-state index in [1.807, 2.05) is 0 Å². The fraction of sp³-hybridized carbons (Fsp3) is 0.400. The Labute approximate surface area is 98.5 Å². The van der Waals surface area contributed by atoms with Gasteiger partial charge < -0.3 is 10.4 Å². The molecular weight excluding hydrogens is 224 g/mol. The van der Waals surface area contributed by atoms with Crippen molar-refractivity contribution in [1.82, 2.24) is 20.2 Å². The fourth-order valence-electron chi connectivity index (χ4n) is 1.30. The van der Waals surface area contributed by atoms with Gasteiger partial charge in [-0.1, -0.05) is 0 Å². The predicted octanol–water partition coefficient (Wildman–Crippen LogP) is -0.647. The Bertz CT molecular complexity index is 422. The van der Waals surface area contributed by atoms with E-state index in [9.17, 15) is 9.59 Å². The summed E-state index contributed by atoms with van der Waals surface area (Å²) in [6.45, 7) is 0.455. The molecule has 0 saturated heterocycles. The summed E-state index contributed by atoms with van der Waals surface area (Å²) in [6, 6.07) is 0. The summed E-state index contributed by atoms with van der Waals surface area (Å²) in [7, 11) is 3.26. The highest BCUT2D eigenvalue weighted by Gasteiger charge is 2.14. The third kappa shape index (κ3) is 3.80. The van der Waals surface area contributed by atoms with Crippen molar-refractivity contribution in [2.24, 2.45) is 0 Å². The van der Waals surface area contributed by atoms with E-state index < -0.39 is 5.97 Å². The van der Waals surface area contributed by atoms with Gasteiger partial charge in [-0.15, -0.1) is 0 Å². The molecule has 0 fully saturated rings. The highest BCUT2D eigenvalue weighted by molar-refractivity contribution is 5.88. The van der Waals surface area contributed by atoms with Gasteiger partial charge in [0.05, 0.1) is 12.2 Å². The van der Waals surface area contributed by atoms with Gasteiger partial charge in [0, 0.05) is 19.8 Å². The van der Waals surface area contributed by atoms with E-state index in [0.717, 1.165) is 0 Å². The smallest absolute Gasteiger partial charge is 0.339 e. The zero-order valence-electron chi connectivity index (χ0n) is 9.67. The van der Waals surface area contributed by atoms with Crippen LogP contribution in [0.5, 0.6) is 0 Å². The van der Waals surface area contributed by atoms with Gasteiger partial charge in [0.15, 0.2) is 0 Å². The molecule has 0 atom stereocenters. The van der Waals surface area contributed by atoms with Gasteiger partial charge in [-0.05, 0) is 7.05 Å². The maximum absolute atomic E-state index is 11.1. The lowest BCUT2D eigenvalue weighted by molar-refractivity contribution is -0.121. The topological polar surface area (TPSA) is 95.4 Å². The lowest BCUT2D eigenvalue weighted by atomic mass is 10.2. The van der Waals surface area contributed by atoms with Gasteiger partial charge in [-0.2, -0.15) is 0 Å². The van der Waals surface area contributed by atoms with Crippen molar-refractivity contribution in [3.8, 4) is 0 Å². The van der Waals surface area contributed by atoms with Crippen molar-refractivity contribution >= 4 is 11.9 Å². The number of nitrogens with one attached hydrogen (secondary N) is 1. The normalized spacial score (nSPS) is 10.3. The SMILES string of the molecule is CNC(=O)CN(C)Cc1ncncc1C(=O)O. The molecule has 0 aliphatic heterocycles. The molecule has 0 unspecified atom stereocenters. The molecule has 0 radical (unpaired) electrons. The first-order valence-corrected chi connectivity index (χ1v) is 4.96. The Morgan fingerprint density at radius 1 is 1.53 bits per heavy atom. The van der Waals surface area contributed by atoms with Crippen LogP contribution < -0.4 is 5.32 Å². The number of rotatable bonds is 5. The lowest BCUT2D eigenvalue weighted by Gasteiger charge is -2.15. The largest absolute Gasteiger partial charge is 0.478 e. The maximum Gasteiger partial charge on any atom is 0.339 e. The van der Waals surface area contributed by atoms with Gasteiger partial charge in [0.2, 0.25) is 5.91 Å². The van der Waals surface area contributed by atoms with Gasteiger partial charge in [0.25, 0.3) is 0 Å². The molecule has 0 aliphatic rings. The molecule has 1 aromatic rings. The van der Waals surface area contributed by atoms with Gasteiger partial charge >= 0.3 is 5.97 Å². The maximum atomic E-state index is 11.1. The van der Waals surface area contributed by atoms with Crippen LogP contribution in [0, 0.1) is 0 Å². The van der Waals surface area contributed by atoms with E-state index in [1.165, 1.54) is 12.5 Å². The standard InChI is InChI=1S/C10H14N4O3/c1-11-9(15)5-14(2)4-8-7(10(16)17)3-12-6-13-8/h3,6H,4-5H2,1-2H3,(H,11,15)(H,16,17). The van der Waals surface area contributed by atoms with Crippen LogP contribution in [0.15, 0.2) is 12.5 Å². The zero-order valence-corrected chi connectivity index (χ0v) is 9.67. The number of carboxylic acid groups (broad SMARTS) is 1. The molecule has 0 bridgehead atoms. The highest BCUT2D eigenvalue weighted by atomic mass is 16.4. The van der Waals surface area contributed by atoms with E-state index in [2.05, 4.69) is 15.3 Å². The van der Waals surface area contributed by atoms with Crippen LogP contribution in [0.25, 0.3) is 0 Å². The average Bonchev–Trinajstić information content (AvgIpc) is 2.29. The first-order chi connectivity index (χ1) is 8.04. The number of likely N-dealkylation sites (N-methyl/N-ethyl adjacent to an activating group) is 2. The number of carboxylic acids is 1. The molecule has 2 N–H and O–H groups in total. The summed E-state index contributed by atoms with van der Waals surface area (Å²) in [5.74, 6) is -1.22. The Hall–Kier alpha value is -2.02. The number of aromatic carboxylic acids is 1. The third-order valence-electron chi connectivity index (χ3n) is 2.14. The zero-order chi connectivity index (χ0) is 12.8. The van der Waals surface area contributed by atoms with Crippen LogP contribution in [0.4, 0.5) is 0 Å². The molecule has 0 aliphatic carbocycles. The number of aromatic nitrogens is 2. The molecule has 0 saturated carbocycles. The first kappa shape index (κ1) is 13.0. The first-order valence-electron chi connectivity index (χ1n) is 4.96. The minimum absolute atomic E-state index is 0.0521. The summed E-state index contributed by atoms with van der Waals surface area (Å²) in [5, 5.41) is 11.4. The van der Waals surface area contributed by atoms with Gasteiger partial charge in [0.1, 0.15) is 11.9 Å². The second-order valence-corrected chi connectivity index (χ2v) is 3.53. The number of nitrogens with zero attached hydrogens (tertiary/aromatic N) is 3. The number of carbonyl (C=O) groups is 2.